The first-order chi connectivity index (χ1) is 12.8. The van der Waals surface area contributed by atoms with E-state index in [0.29, 0.717) is 11.1 Å². The van der Waals surface area contributed by atoms with Crippen LogP contribution in [0.25, 0.3) is 6.08 Å². The summed E-state index contributed by atoms with van der Waals surface area (Å²) in [5.74, 6) is -1.56. The molecular weight excluding hydrogens is 372 g/mol. The van der Waals surface area contributed by atoms with Crippen molar-refractivity contribution >= 4 is 40.6 Å². The van der Waals surface area contributed by atoms with Crippen LogP contribution in [0.2, 0.25) is 0 Å². The Morgan fingerprint density at radius 2 is 1.89 bits per heavy atom. The quantitative estimate of drug-likeness (QED) is 0.476. The topological polar surface area (TPSA) is 118 Å². The van der Waals surface area contributed by atoms with Crippen LogP contribution in [0.15, 0.2) is 53.4 Å². The second kappa shape index (κ2) is 7.42. The molecule has 2 amide bonds. The monoisotopic (exact) mass is 384 g/mol. The van der Waals surface area contributed by atoms with Crippen LogP contribution in [0.4, 0.5) is 10.5 Å². The molecule has 0 saturated carbocycles. The fourth-order valence-corrected chi connectivity index (χ4v) is 3.29. The Balaban J connectivity index is 1.79. The van der Waals surface area contributed by atoms with Crippen molar-refractivity contribution < 1.29 is 24.4 Å². The summed E-state index contributed by atoms with van der Waals surface area (Å²) in [6.45, 7) is 0.0108. The molecule has 2 aromatic rings. The average Bonchev–Trinajstić information content (AvgIpc) is 2.90. The molecule has 0 bridgehead atoms. The molecule has 0 aliphatic carbocycles. The maximum atomic E-state index is 12.5. The van der Waals surface area contributed by atoms with E-state index in [0.717, 1.165) is 16.7 Å². The van der Waals surface area contributed by atoms with Gasteiger partial charge in [0, 0.05) is 12.1 Å². The lowest BCUT2D eigenvalue weighted by Gasteiger charge is -2.12. The minimum Gasteiger partial charge on any atom is -0.478 e. The molecule has 1 N–H and O–H groups in total. The second-order valence-electron chi connectivity index (χ2n) is 5.62. The van der Waals surface area contributed by atoms with Crippen LogP contribution in [0.5, 0.6) is 0 Å². The number of hydrogen-bond donors (Lipinski definition) is 1. The van der Waals surface area contributed by atoms with Gasteiger partial charge in [-0.05, 0) is 41.1 Å². The largest absolute Gasteiger partial charge is 0.478 e. The summed E-state index contributed by atoms with van der Waals surface area (Å²) in [5.41, 5.74) is 1.05. The minimum atomic E-state index is -1.06. The van der Waals surface area contributed by atoms with E-state index >= 15 is 0 Å². The van der Waals surface area contributed by atoms with Gasteiger partial charge in [-0.1, -0.05) is 24.3 Å². The van der Waals surface area contributed by atoms with Crippen LogP contribution in [0, 0.1) is 10.1 Å². The van der Waals surface area contributed by atoms with Crippen LogP contribution in [0.3, 0.4) is 0 Å². The van der Waals surface area contributed by atoms with Crippen LogP contribution in [-0.4, -0.2) is 32.0 Å². The normalized spacial score (nSPS) is 15.4. The first-order valence-electron chi connectivity index (χ1n) is 7.67. The summed E-state index contributed by atoms with van der Waals surface area (Å²) in [5, 5.41) is 19.3. The van der Waals surface area contributed by atoms with Gasteiger partial charge in [0.05, 0.1) is 21.9 Å². The molecule has 0 aromatic heterocycles. The molecule has 1 saturated heterocycles. The molecule has 136 valence electrons. The van der Waals surface area contributed by atoms with Gasteiger partial charge in [-0.25, -0.2) is 4.79 Å². The van der Waals surface area contributed by atoms with Crippen LogP contribution in [-0.2, 0) is 11.3 Å². The number of imide groups is 1. The van der Waals surface area contributed by atoms with Crippen LogP contribution < -0.4 is 0 Å². The highest BCUT2D eigenvalue weighted by Crippen LogP contribution is 2.33. The SMILES string of the molecule is O=C(O)c1ccc(CN2C(=O)S/C(=C\c3cccc([N+](=O)[O-])c3)C2=O)cc1. The Morgan fingerprint density at radius 3 is 2.52 bits per heavy atom. The molecule has 0 atom stereocenters. The molecule has 0 unspecified atom stereocenters. The van der Waals surface area contributed by atoms with Gasteiger partial charge in [0.15, 0.2) is 0 Å². The van der Waals surface area contributed by atoms with Crippen molar-refractivity contribution in [1.82, 2.24) is 4.90 Å². The van der Waals surface area contributed by atoms with E-state index in [2.05, 4.69) is 0 Å². The van der Waals surface area contributed by atoms with Gasteiger partial charge in [-0.3, -0.25) is 24.6 Å². The number of aromatic carboxylic acids is 1. The van der Waals surface area contributed by atoms with Gasteiger partial charge >= 0.3 is 5.97 Å². The summed E-state index contributed by atoms with van der Waals surface area (Å²) in [6.07, 6.45) is 1.44. The van der Waals surface area contributed by atoms with E-state index in [9.17, 15) is 24.5 Å². The van der Waals surface area contributed by atoms with Gasteiger partial charge in [0.1, 0.15) is 0 Å². The lowest BCUT2D eigenvalue weighted by atomic mass is 10.1. The van der Waals surface area contributed by atoms with E-state index < -0.39 is 22.0 Å². The molecule has 3 rings (SSSR count). The summed E-state index contributed by atoms with van der Waals surface area (Å²) >= 11 is 0.753. The Bertz CT molecular complexity index is 984. The predicted molar refractivity (Wildman–Crippen MR) is 98.0 cm³/mol. The summed E-state index contributed by atoms with van der Waals surface area (Å²) in [6, 6.07) is 11.6. The molecule has 0 radical (unpaired) electrons. The van der Waals surface area contributed by atoms with Gasteiger partial charge < -0.3 is 5.11 Å². The van der Waals surface area contributed by atoms with Crippen molar-refractivity contribution in [3.63, 3.8) is 0 Å². The van der Waals surface area contributed by atoms with Gasteiger partial charge in [0.2, 0.25) is 0 Å². The standard InChI is InChI=1S/C18H12N2O6S/c21-16-15(9-12-2-1-3-14(8-12)20(25)26)27-18(24)19(16)10-11-4-6-13(7-5-11)17(22)23/h1-9H,10H2,(H,22,23)/b15-9-. The van der Waals surface area contributed by atoms with Gasteiger partial charge in [0.25, 0.3) is 16.8 Å². The smallest absolute Gasteiger partial charge is 0.335 e. The molecule has 2 aromatic carbocycles. The van der Waals surface area contributed by atoms with Crippen molar-refractivity contribution in [3.05, 3.63) is 80.2 Å². The Kier molecular flexibility index (Phi) is 5.04. The molecule has 0 spiro atoms. The number of carboxylic acids is 1. The predicted octanol–water partition coefficient (Wildman–Crippen LogP) is 3.53. The van der Waals surface area contributed by atoms with Crippen molar-refractivity contribution in [2.75, 3.05) is 0 Å². The number of thioether (sulfide) groups is 1. The minimum absolute atomic E-state index is 0.0108. The Hall–Kier alpha value is -3.46. The third kappa shape index (κ3) is 4.04. The molecular formula is C18H12N2O6S. The van der Waals surface area contributed by atoms with Crippen LogP contribution >= 0.6 is 11.8 Å². The van der Waals surface area contributed by atoms with E-state index in [4.69, 9.17) is 5.11 Å². The van der Waals surface area contributed by atoms with E-state index in [-0.39, 0.29) is 22.7 Å². The number of carboxylic acid groups (broad SMARTS) is 1. The number of nitro groups is 1. The van der Waals surface area contributed by atoms with Crippen molar-refractivity contribution in [2.24, 2.45) is 0 Å². The highest BCUT2D eigenvalue weighted by molar-refractivity contribution is 8.18. The molecule has 1 aliphatic heterocycles. The number of carbonyl (C=O) groups excluding carboxylic acids is 2. The van der Waals surface area contributed by atoms with E-state index in [1.807, 2.05) is 0 Å². The average molecular weight is 384 g/mol. The highest BCUT2D eigenvalue weighted by Gasteiger charge is 2.35. The number of hydrogen-bond acceptors (Lipinski definition) is 6. The molecule has 1 heterocycles. The number of nitrogens with zero attached hydrogens (tertiary/aromatic N) is 2. The number of nitro benzene ring substituents is 1. The number of non-ortho nitro benzene ring substituents is 1. The zero-order valence-electron chi connectivity index (χ0n) is 13.7. The number of rotatable bonds is 5. The maximum Gasteiger partial charge on any atom is 0.335 e. The van der Waals surface area contributed by atoms with Crippen LogP contribution in [0.1, 0.15) is 21.5 Å². The number of carbonyl (C=O) groups is 3. The fourth-order valence-electron chi connectivity index (χ4n) is 2.45. The first-order valence-corrected chi connectivity index (χ1v) is 8.49. The molecule has 1 aliphatic rings. The molecule has 1 fully saturated rings. The van der Waals surface area contributed by atoms with Crippen molar-refractivity contribution in [2.45, 2.75) is 6.54 Å². The Labute approximate surface area is 157 Å². The summed E-state index contributed by atoms with van der Waals surface area (Å²) in [4.78, 5) is 47.1. The third-order valence-electron chi connectivity index (χ3n) is 3.79. The van der Waals surface area contributed by atoms with Crippen molar-refractivity contribution in [3.8, 4) is 0 Å². The molecule has 8 nitrogen and oxygen atoms in total. The highest BCUT2D eigenvalue weighted by atomic mass is 32.2. The third-order valence-corrected chi connectivity index (χ3v) is 4.70. The lowest BCUT2D eigenvalue weighted by molar-refractivity contribution is -0.384. The first kappa shape index (κ1) is 18.3. The number of amides is 2. The zero-order chi connectivity index (χ0) is 19.6. The Morgan fingerprint density at radius 1 is 1.19 bits per heavy atom. The lowest BCUT2D eigenvalue weighted by Crippen LogP contribution is -2.27. The molecule has 27 heavy (non-hydrogen) atoms. The van der Waals surface area contributed by atoms with Gasteiger partial charge in [-0.2, -0.15) is 0 Å². The maximum absolute atomic E-state index is 12.5. The number of benzene rings is 2. The van der Waals surface area contributed by atoms with E-state index in [1.54, 1.807) is 6.07 Å². The molecule has 9 heteroatoms. The summed E-state index contributed by atoms with van der Waals surface area (Å²) < 4.78 is 0. The second-order valence-corrected chi connectivity index (χ2v) is 6.62. The van der Waals surface area contributed by atoms with E-state index in [1.165, 1.54) is 48.5 Å². The van der Waals surface area contributed by atoms with Gasteiger partial charge in [-0.15, -0.1) is 0 Å². The fraction of sp³-hybridized carbons (Fsp3) is 0.0556. The zero-order valence-corrected chi connectivity index (χ0v) is 14.5. The summed E-state index contributed by atoms with van der Waals surface area (Å²) in [7, 11) is 0. The van der Waals surface area contributed by atoms with Crippen molar-refractivity contribution in [1.29, 1.82) is 0 Å².